The molecule has 1 spiro atoms. The van der Waals surface area contributed by atoms with Crippen LogP contribution in [-0.4, -0.2) is 62.2 Å². The summed E-state index contributed by atoms with van der Waals surface area (Å²) in [5.74, 6) is 0.937. The fraction of sp³-hybridized carbons (Fsp3) is 0.500. The van der Waals surface area contributed by atoms with Crippen LogP contribution in [0.3, 0.4) is 0 Å². The van der Waals surface area contributed by atoms with Crippen molar-refractivity contribution in [1.29, 1.82) is 0 Å². The summed E-state index contributed by atoms with van der Waals surface area (Å²) in [5.41, 5.74) is 3.33. The molecule has 0 aliphatic carbocycles. The third kappa shape index (κ3) is 3.51. The average molecular weight is 378 g/mol. The summed E-state index contributed by atoms with van der Waals surface area (Å²) in [6.07, 6.45) is 2.65. The van der Waals surface area contributed by atoms with E-state index in [0.29, 0.717) is 5.41 Å². The molecule has 28 heavy (non-hydrogen) atoms. The molecule has 3 aliphatic rings. The molecule has 4 heteroatoms. The predicted molar refractivity (Wildman–Crippen MR) is 114 cm³/mol. The Labute approximate surface area is 168 Å². The van der Waals surface area contributed by atoms with E-state index >= 15 is 0 Å². The highest BCUT2D eigenvalue weighted by Gasteiger charge is 2.53. The van der Waals surface area contributed by atoms with Crippen molar-refractivity contribution in [3.63, 3.8) is 0 Å². The second-order valence-corrected chi connectivity index (χ2v) is 8.95. The van der Waals surface area contributed by atoms with E-state index in [1.54, 1.807) is 7.11 Å². The van der Waals surface area contributed by atoms with E-state index in [4.69, 9.17) is 4.74 Å². The highest BCUT2D eigenvalue weighted by atomic mass is 16.5. The maximum absolute atomic E-state index is 5.27. The van der Waals surface area contributed by atoms with Gasteiger partial charge in [0.15, 0.2) is 0 Å². The lowest BCUT2D eigenvalue weighted by Crippen LogP contribution is -2.74. The molecule has 0 N–H and O–H groups in total. The molecule has 0 radical (unpaired) electrons. The number of methoxy groups -OCH3 is 1. The topological polar surface area (TPSA) is 19.0 Å². The summed E-state index contributed by atoms with van der Waals surface area (Å²) in [6, 6.07) is 20.2. The van der Waals surface area contributed by atoms with E-state index in [2.05, 4.69) is 69.3 Å². The molecule has 4 nitrogen and oxygen atoms in total. The van der Waals surface area contributed by atoms with Gasteiger partial charge >= 0.3 is 0 Å². The Morgan fingerprint density at radius 1 is 0.893 bits per heavy atom. The summed E-state index contributed by atoms with van der Waals surface area (Å²) < 4.78 is 5.27. The van der Waals surface area contributed by atoms with Crippen LogP contribution in [0.4, 0.5) is 5.69 Å². The van der Waals surface area contributed by atoms with Gasteiger partial charge in [0.05, 0.1) is 7.11 Å². The van der Waals surface area contributed by atoms with Gasteiger partial charge in [-0.25, -0.2) is 0 Å². The van der Waals surface area contributed by atoms with Crippen molar-refractivity contribution in [3.8, 4) is 5.75 Å². The van der Waals surface area contributed by atoms with Gasteiger partial charge in [-0.1, -0.05) is 30.3 Å². The lowest BCUT2D eigenvalue weighted by molar-refractivity contribution is -0.0641. The molecule has 3 aliphatic heterocycles. The Morgan fingerprint density at radius 2 is 1.57 bits per heavy atom. The van der Waals surface area contributed by atoms with Crippen LogP contribution >= 0.6 is 0 Å². The number of hydrogen-bond donors (Lipinski definition) is 0. The molecule has 3 fully saturated rings. The van der Waals surface area contributed by atoms with Gasteiger partial charge in [0.25, 0.3) is 0 Å². The molecular formula is C24H31N3O. The van der Waals surface area contributed by atoms with Gasteiger partial charge in [0.1, 0.15) is 5.75 Å². The van der Waals surface area contributed by atoms with Crippen LogP contribution in [0.1, 0.15) is 18.4 Å². The highest BCUT2D eigenvalue weighted by Crippen LogP contribution is 2.43. The Bertz CT molecular complexity index is 769. The van der Waals surface area contributed by atoms with E-state index in [1.807, 2.05) is 0 Å². The first-order chi connectivity index (χ1) is 13.7. The fourth-order valence-corrected chi connectivity index (χ4v) is 5.30. The van der Waals surface area contributed by atoms with Crippen LogP contribution in [0.15, 0.2) is 54.6 Å². The second-order valence-electron chi connectivity index (χ2n) is 8.95. The van der Waals surface area contributed by atoms with Gasteiger partial charge < -0.3 is 9.64 Å². The molecule has 3 saturated heterocycles. The maximum atomic E-state index is 5.27. The number of hydrogen-bond acceptors (Lipinski definition) is 4. The monoisotopic (exact) mass is 377 g/mol. The Morgan fingerprint density at radius 3 is 2.21 bits per heavy atom. The van der Waals surface area contributed by atoms with Crippen LogP contribution in [0, 0.1) is 5.41 Å². The summed E-state index contributed by atoms with van der Waals surface area (Å²) in [7, 11) is 1.72. The van der Waals surface area contributed by atoms with Crippen molar-refractivity contribution in [3.05, 3.63) is 60.2 Å². The maximum Gasteiger partial charge on any atom is 0.119 e. The number of rotatable bonds is 5. The van der Waals surface area contributed by atoms with E-state index in [1.165, 1.54) is 63.4 Å². The largest absolute Gasteiger partial charge is 0.497 e. The van der Waals surface area contributed by atoms with Crippen molar-refractivity contribution >= 4 is 5.69 Å². The molecule has 0 saturated carbocycles. The molecule has 0 bridgehead atoms. The van der Waals surface area contributed by atoms with Crippen molar-refractivity contribution < 1.29 is 4.74 Å². The minimum Gasteiger partial charge on any atom is -0.497 e. The fourth-order valence-electron chi connectivity index (χ4n) is 5.30. The van der Waals surface area contributed by atoms with E-state index in [0.717, 1.165) is 18.3 Å². The lowest BCUT2D eigenvalue weighted by Gasteiger charge is -2.63. The standard InChI is InChI=1S/C24H31N3O/c1-28-23-9-7-21(8-10-23)26-16-24(17-26)18-27(19-24)22-11-13-25(14-12-22)15-20-5-3-2-4-6-20/h2-10,22H,11-19H2,1H3. The van der Waals surface area contributed by atoms with Crippen LogP contribution < -0.4 is 9.64 Å². The molecule has 0 aromatic heterocycles. The SMILES string of the molecule is COc1ccc(N2CC3(C2)CN(C2CCN(Cc4ccccc4)CC2)C3)cc1. The Kier molecular flexibility index (Phi) is 4.77. The first-order valence-corrected chi connectivity index (χ1v) is 10.6. The van der Waals surface area contributed by atoms with E-state index < -0.39 is 0 Å². The van der Waals surface area contributed by atoms with E-state index in [9.17, 15) is 0 Å². The minimum absolute atomic E-state index is 0.557. The Balaban J connectivity index is 1.06. The first-order valence-electron chi connectivity index (χ1n) is 10.6. The van der Waals surface area contributed by atoms with Crippen LogP contribution in [0.2, 0.25) is 0 Å². The molecule has 148 valence electrons. The number of nitrogens with zero attached hydrogens (tertiary/aromatic N) is 3. The molecule has 0 amide bonds. The lowest BCUT2D eigenvalue weighted by atomic mass is 9.71. The summed E-state index contributed by atoms with van der Waals surface area (Å²) in [5, 5.41) is 0. The summed E-state index contributed by atoms with van der Waals surface area (Å²) in [6.45, 7) is 8.59. The van der Waals surface area contributed by atoms with E-state index in [-0.39, 0.29) is 0 Å². The normalized spacial score (nSPS) is 22.7. The quantitative estimate of drug-likeness (QED) is 0.794. The van der Waals surface area contributed by atoms with Crippen molar-refractivity contribution in [2.24, 2.45) is 5.41 Å². The zero-order valence-electron chi connectivity index (χ0n) is 16.9. The van der Waals surface area contributed by atoms with Gasteiger partial charge in [0.2, 0.25) is 0 Å². The second kappa shape index (κ2) is 7.41. The van der Waals surface area contributed by atoms with Gasteiger partial charge in [-0.3, -0.25) is 9.80 Å². The zero-order valence-corrected chi connectivity index (χ0v) is 16.9. The van der Waals surface area contributed by atoms with Crippen molar-refractivity contribution in [2.45, 2.75) is 25.4 Å². The first kappa shape index (κ1) is 18.0. The highest BCUT2D eigenvalue weighted by molar-refractivity contribution is 5.52. The summed E-state index contributed by atoms with van der Waals surface area (Å²) >= 11 is 0. The zero-order chi connectivity index (χ0) is 19.0. The average Bonchev–Trinajstić information content (AvgIpc) is 2.68. The summed E-state index contributed by atoms with van der Waals surface area (Å²) in [4.78, 5) is 7.89. The third-order valence-electron chi connectivity index (χ3n) is 6.89. The number of piperidine rings is 1. The molecule has 5 rings (SSSR count). The minimum atomic E-state index is 0.557. The van der Waals surface area contributed by atoms with Crippen LogP contribution in [-0.2, 0) is 6.54 Å². The van der Waals surface area contributed by atoms with Gasteiger partial charge in [-0.05, 0) is 55.8 Å². The van der Waals surface area contributed by atoms with Gasteiger partial charge in [-0.2, -0.15) is 0 Å². The van der Waals surface area contributed by atoms with Gasteiger partial charge in [-0.15, -0.1) is 0 Å². The number of ether oxygens (including phenoxy) is 1. The van der Waals surface area contributed by atoms with Crippen molar-refractivity contribution in [1.82, 2.24) is 9.80 Å². The molecule has 2 aromatic rings. The Hall–Kier alpha value is -2.04. The van der Waals surface area contributed by atoms with Crippen LogP contribution in [0.25, 0.3) is 0 Å². The van der Waals surface area contributed by atoms with Gasteiger partial charge in [0, 0.05) is 49.9 Å². The molecule has 3 heterocycles. The molecular weight excluding hydrogens is 346 g/mol. The number of likely N-dealkylation sites (tertiary alicyclic amines) is 2. The smallest absolute Gasteiger partial charge is 0.119 e. The van der Waals surface area contributed by atoms with Crippen LogP contribution in [0.5, 0.6) is 5.75 Å². The number of benzene rings is 2. The van der Waals surface area contributed by atoms with Crippen molar-refractivity contribution in [2.75, 3.05) is 51.3 Å². The third-order valence-corrected chi connectivity index (χ3v) is 6.89. The predicted octanol–water partition coefficient (Wildman–Crippen LogP) is 3.48. The number of anilines is 1. The molecule has 0 atom stereocenters. The molecule has 2 aromatic carbocycles. The molecule has 0 unspecified atom stereocenters.